The van der Waals surface area contributed by atoms with Gasteiger partial charge in [-0.1, -0.05) is 55.8 Å². The summed E-state index contributed by atoms with van der Waals surface area (Å²) in [6, 6.07) is 16.4. The van der Waals surface area contributed by atoms with Crippen LogP contribution in [0.4, 0.5) is 4.39 Å². The first-order valence-electron chi connectivity index (χ1n) is 8.84. The number of carbonyl (C=O) groups excluding carboxylic acids is 1. The summed E-state index contributed by atoms with van der Waals surface area (Å²) in [6.45, 7) is 4.65. The highest BCUT2D eigenvalue weighted by molar-refractivity contribution is 6.02. The molecule has 3 rings (SSSR count). The Hall–Kier alpha value is -2.88. The summed E-state index contributed by atoms with van der Waals surface area (Å²) < 4.78 is 16.0. The molecule has 1 amide bonds. The van der Waals surface area contributed by atoms with E-state index in [4.69, 9.17) is 5.73 Å². The quantitative estimate of drug-likeness (QED) is 0.688. The fourth-order valence-corrected chi connectivity index (χ4v) is 3.53. The number of amides is 1. The van der Waals surface area contributed by atoms with Gasteiger partial charge in [0.2, 0.25) is 0 Å². The van der Waals surface area contributed by atoms with Crippen molar-refractivity contribution in [1.29, 1.82) is 0 Å². The van der Waals surface area contributed by atoms with Crippen molar-refractivity contribution >= 4 is 5.91 Å². The molecule has 0 saturated carbocycles. The highest BCUT2D eigenvalue weighted by Gasteiger charge is 2.24. The SMILES string of the molecule is CCCc1c(-c2cccc(F)c2)c(C(N)=O)c(C)n1Cc1ccccc1. The van der Waals surface area contributed by atoms with Gasteiger partial charge in [-0.25, -0.2) is 4.39 Å². The standard InChI is InChI=1S/C22H23FN2O/c1-3-8-19-21(17-11-7-12-18(23)13-17)20(22(24)26)15(2)25(19)14-16-9-5-4-6-10-16/h4-7,9-13H,3,8,14H2,1-2H3,(H2,24,26). The smallest absolute Gasteiger partial charge is 0.251 e. The maximum Gasteiger partial charge on any atom is 0.251 e. The molecule has 0 saturated heterocycles. The van der Waals surface area contributed by atoms with Gasteiger partial charge < -0.3 is 10.3 Å². The van der Waals surface area contributed by atoms with E-state index in [0.29, 0.717) is 17.7 Å². The number of primary amides is 1. The van der Waals surface area contributed by atoms with Crippen LogP contribution in [0.2, 0.25) is 0 Å². The molecule has 134 valence electrons. The van der Waals surface area contributed by atoms with Gasteiger partial charge in [0.25, 0.3) is 5.91 Å². The summed E-state index contributed by atoms with van der Waals surface area (Å²) in [7, 11) is 0. The zero-order valence-corrected chi connectivity index (χ0v) is 15.1. The van der Waals surface area contributed by atoms with Gasteiger partial charge in [-0.2, -0.15) is 0 Å². The lowest BCUT2D eigenvalue weighted by atomic mass is 9.98. The number of halogens is 1. The number of hydrogen-bond acceptors (Lipinski definition) is 1. The molecule has 0 unspecified atom stereocenters. The molecule has 1 aromatic heterocycles. The second kappa shape index (κ2) is 7.56. The monoisotopic (exact) mass is 350 g/mol. The second-order valence-corrected chi connectivity index (χ2v) is 6.48. The zero-order chi connectivity index (χ0) is 18.7. The molecule has 4 heteroatoms. The van der Waals surface area contributed by atoms with Crippen molar-refractivity contribution in [2.24, 2.45) is 5.73 Å². The van der Waals surface area contributed by atoms with Crippen molar-refractivity contribution in [1.82, 2.24) is 4.57 Å². The molecule has 0 aliphatic heterocycles. The summed E-state index contributed by atoms with van der Waals surface area (Å²) in [5.74, 6) is -0.806. The van der Waals surface area contributed by atoms with Crippen LogP contribution in [0.25, 0.3) is 11.1 Å². The van der Waals surface area contributed by atoms with Crippen LogP contribution in [-0.4, -0.2) is 10.5 Å². The molecule has 2 aromatic carbocycles. The molecule has 0 spiro atoms. The molecule has 1 heterocycles. The van der Waals surface area contributed by atoms with Gasteiger partial charge in [0.05, 0.1) is 5.56 Å². The Morgan fingerprint density at radius 3 is 2.46 bits per heavy atom. The number of aromatic nitrogens is 1. The number of nitrogens with zero attached hydrogens (tertiary/aromatic N) is 1. The highest BCUT2D eigenvalue weighted by Crippen LogP contribution is 2.34. The first-order chi connectivity index (χ1) is 12.5. The first kappa shape index (κ1) is 17.9. The van der Waals surface area contributed by atoms with E-state index in [1.165, 1.54) is 12.1 Å². The number of nitrogens with two attached hydrogens (primary N) is 1. The third-order valence-electron chi connectivity index (χ3n) is 4.66. The van der Waals surface area contributed by atoms with Crippen molar-refractivity contribution in [2.75, 3.05) is 0 Å². The van der Waals surface area contributed by atoms with Crippen LogP contribution in [0.15, 0.2) is 54.6 Å². The average molecular weight is 350 g/mol. The van der Waals surface area contributed by atoms with Crippen LogP contribution in [0.1, 0.15) is 40.7 Å². The van der Waals surface area contributed by atoms with Gasteiger partial charge in [-0.3, -0.25) is 4.79 Å². The molecular formula is C22H23FN2O. The highest BCUT2D eigenvalue weighted by atomic mass is 19.1. The van der Waals surface area contributed by atoms with Gasteiger partial charge in [0, 0.05) is 23.5 Å². The lowest BCUT2D eigenvalue weighted by molar-refractivity contribution is 0.1000. The van der Waals surface area contributed by atoms with E-state index in [2.05, 4.69) is 23.6 Å². The fraction of sp³-hybridized carbons (Fsp3) is 0.227. The summed E-state index contributed by atoms with van der Waals surface area (Å²) in [4.78, 5) is 12.2. The third kappa shape index (κ3) is 3.40. The number of carbonyl (C=O) groups is 1. The van der Waals surface area contributed by atoms with E-state index in [-0.39, 0.29) is 5.82 Å². The summed E-state index contributed by atoms with van der Waals surface area (Å²) in [5.41, 5.74) is 10.6. The molecule has 26 heavy (non-hydrogen) atoms. The van der Waals surface area contributed by atoms with Crippen molar-refractivity contribution in [3.8, 4) is 11.1 Å². The van der Waals surface area contributed by atoms with Crippen molar-refractivity contribution in [3.05, 3.63) is 82.9 Å². The zero-order valence-electron chi connectivity index (χ0n) is 15.1. The number of hydrogen-bond donors (Lipinski definition) is 1. The molecule has 3 nitrogen and oxygen atoms in total. The molecule has 3 aromatic rings. The van der Waals surface area contributed by atoms with E-state index in [9.17, 15) is 9.18 Å². The Morgan fingerprint density at radius 1 is 1.12 bits per heavy atom. The Balaban J connectivity index is 2.24. The molecule has 0 aliphatic rings. The molecular weight excluding hydrogens is 327 g/mol. The minimum Gasteiger partial charge on any atom is -0.366 e. The Bertz CT molecular complexity index is 929. The minimum absolute atomic E-state index is 0.325. The lowest BCUT2D eigenvalue weighted by Gasteiger charge is -2.13. The van der Waals surface area contributed by atoms with Crippen LogP contribution in [0, 0.1) is 12.7 Å². The topological polar surface area (TPSA) is 48.0 Å². The summed E-state index contributed by atoms with van der Waals surface area (Å²) in [5, 5.41) is 0. The van der Waals surface area contributed by atoms with Gasteiger partial charge in [0.15, 0.2) is 0 Å². The third-order valence-corrected chi connectivity index (χ3v) is 4.66. The fourth-order valence-electron chi connectivity index (χ4n) is 3.53. The maximum atomic E-state index is 13.8. The van der Waals surface area contributed by atoms with Crippen LogP contribution in [-0.2, 0) is 13.0 Å². The van der Waals surface area contributed by atoms with Gasteiger partial charge in [-0.05, 0) is 36.6 Å². The normalized spacial score (nSPS) is 10.9. The average Bonchev–Trinajstić information content (AvgIpc) is 2.89. The number of benzene rings is 2. The predicted molar refractivity (Wildman–Crippen MR) is 103 cm³/mol. The lowest BCUT2D eigenvalue weighted by Crippen LogP contribution is -2.13. The molecule has 0 fully saturated rings. The van der Waals surface area contributed by atoms with Gasteiger partial charge >= 0.3 is 0 Å². The largest absolute Gasteiger partial charge is 0.366 e. The Morgan fingerprint density at radius 2 is 1.85 bits per heavy atom. The van der Waals surface area contributed by atoms with Crippen LogP contribution >= 0.6 is 0 Å². The predicted octanol–water partition coefficient (Wildman–Crippen LogP) is 4.70. The minimum atomic E-state index is -0.481. The van der Waals surface area contributed by atoms with Crippen molar-refractivity contribution < 1.29 is 9.18 Å². The number of rotatable bonds is 6. The Kier molecular flexibility index (Phi) is 5.21. The summed E-state index contributed by atoms with van der Waals surface area (Å²) >= 11 is 0. The summed E-state index contributed by atoms with van der Waals surface area (Å²) in [6.07, 6.45) is 1.70. The van der Waals surface area contributed by atoms with Crippen LogP contribution in [0.3, 0.4) is 0 Å². The van der Waals surface area contributed by atoms with Crippen molar-refractivity contribution in [3.63, 3.8) is 0 Å². The van der Waals surface area contributed by atoms with E-state index >= 15 is 0 Å². The van der Waals surface area contributed by atoms with Crippen LogP contribution < -0.4 is 5.73 Å². The van der Waals surface area contributed by atoms with E-state index in [1.807, 2.05) is 31.2 Å². The van der Waals surface area contributed by atoms with Crippen LogP contribution in [0.5, 0.6) is 0 Å². The second-order valence-electron chi connectivity index (χ2n) is 6.48. The van der Waals surface area contributed by atoms with Crippen molar-refractivity contribution in [2.45, 2.75) is 33.2 Å². The van der Waals surface area contributed by atoms with Gasteiger partial charge in [0.1, 0.15) is 5.82 Å². The first-order valence-corrected chi connectivity index (χ1v) is 8.84. The molecule has 0 radical (unpaired) electrons. The molecule has 0 aliphatic carbocycles. The van der Waals surface area contributed by atoms with Gasteiger partial charge in [-0.15, -0.1) is 0 Å². The van der Waals surface area contributed by atoms with E-state index < -0.39 is 5.91 Å². The van der Waals surface area contributed by atoms with E-state index in [0.717, 1.165) is 35.4 Å². The Labute approximate surface area is 153 Å². The maximum absolute atomic E-state index is 13.8. The molecule has 0 atom stereocenters. The van der Waals surface area contributed by atoms with E-state index in [1.54, 1.807) is 6.07 Å². The molecule has 0 bridgehead atoms. The molecule has 2 N–H and O–H groups in total.